The zero-order chi connectivity index (χ0) is 19.0. The SMILES string of the molecule is CCc1c(C(=O)N(C)Cc2nc3ccsc3c(=O)[nH]2)[nH]c(C)c1C(C)=O. The highest BCUT2D eigenvalue weighted by molar-refractivity contribution is 7.17. The normalized spacial score (nSPS) is 11.1. The summed E-state index contributed by atoms with van der Waals surface area (Å²) in [7, 11) is 1.64. The maximum atomic E-state index is 12.9. The van der Waals surface area contributed by atoms with E-state index in [4.69, 9.17) is 0 Å². The lowest BCUT2D eigenvalue weighted by Gasteiger charge is -2.16. The first-order valence-corrected chi connectivity index (χ1v) is 9.15. The molecule has 0 aromatic carbocycles. The lowest BCUT2D eigenvalue weighted by atomic mass is 10.0. The van der Waals surface area contributed by atoms with Crippen LogP contribution in [0.5, 0.6) is 0 Å². The highest BCUT2D eigenvalue weighted by Gasteiger charge is 2.24. The van der Waals surface area contributed by atoms with E-state index in [1.54, 1.807) is 20.0 Å². The van der Waals surface area contributed by atoms with Crippen molar-refractivity contribution in [2.24, 2.45) is 0 Å². The number of carbonyl (C=O) groups excluding carboxylic acids is 2. The van der Waals surface area contributed by atoms with Gasteiger partial charge in [0, 0.05) is 18.3 Å². The number of aromatic nitrogens is 3. The Morgan fingerprint density at radius 3 is 2.69 bits per heavy atom. The number of carbonyl (C=O) groups is 2. The number of nitrogens with zero attached hydrogens (tertiary/aromatic N) is 2. The predicted molar refractivity (Wildman–Crippen MR) is 101 cm³/mol. The minimum atomic E-state index is -0.245. The molecule has 0 aliphatic rings. The fraction of sp³-hybridized carbons (Fsp3) is 0.333. The van der Waals surface area contributed by atoms with E-state index in [1.807, 2.05) is 12.3 Å². The largest absolute Gasteiger partial charge is 0.354 e. The highest BCUT2D eigenvalue weighted by atomic mass is 32.1. The van der Waals surface area contributed by atoms with Crippen LogP contribution in [-0.2, 0) is 13.0 Å². The number of H-pyrrole nitrogens is 2. The fourth-order valence-electron chi connectivity index (χ4n) is 3.17. The smallest absolute Gasteiger partial charge is 0.270 e. The molecule has 0 unspecified atom stereocenters. The summed E-state index contributed by atoms with van der Waals surface area (Å²) >= 11 is 1.33. The lowest BCUT2D eigenvalue weighted by Crippen LogP contribution is -2.29. The Kier molecular flexibility index (Phi) is 4.78. The molecule has 1 amide bonds. The molecule has 0 spiro atoms. The molecule has 7 nitrogen and oxygen atoms in total. The summed E-state index contributed by atoms with van der Waals surface area (Å²) in [6, 6.07) is 1.78. The molecule has 3 heterocycles. The molecule has 0 radical (unpaired) electrons. The van der Waals surface area contributed by atoms with E-state index >= 15 is 0 Å². The molecular weight excluding hydrogens is 352 g/mol. The Labute approximate surface area is 154 Å². The monoisotopic (exact) mass is 372 g/mol. The maximum absolute atomic E-state index is 12.9. The lowest BCUT2D eigenvalue weighted by molar-refractivity contribution is 0.0775. The Hall–Kier alpha value is -2.74. The molecule has 2 N–H and O–H groups in total. The third kappa shape index (κ3) is 3.08. The van der Waals surface area contributed by atoms with Gasteiger partial charge in [-0.2, -0.15) is 0 Å². The van der Waals surface area contributed by atoms with Gasteiger partial charge < -0.3 is 14.9 Å². The van der Waals surface area contributed by atoms with Crippen LogP contribution in [0.4, 0.5) is 0 Å². The Morgan fingerprint density at radius 1 is 1.31 bits per heavy atom. The number of thiophene rings is 1. The van der Waals surface area contributed by atoms with Crippen molar-refractivity contribution in [3.05, 3.63) is 50.1 Å². The van der Waals surface area contributed by atoms with Crippen LogP contribution in [0.25, 0.3) is 10.2 Å². The van der Waals surface area contributed by atoms with Crippen LogP contribution < -0.4 is 5.56 Å². The van der Waals surface area contributed by atoms with Gasteiger partial charge in [-0.25, -0.2) is 4.98 Å². The average molecular weight is 372 g/mol. The van der Waals surface area contributed by atoms with Gasteiger partial charge in [0.1, 0.15) is 16.2 Å². The van der Waals surface area contributed by atoms with E-state index in [0.29, 0.717) is 39.4 Å². The topological polar surface area (TPSA) is 98.9 Å². The summed E-state index contributed by atoms with van der Waals surface area (Å²) in [4.78, 5) is 48.5. The summed E-state index contributed by atoms with van der Waals surface area (Å²) in [6.07, 6.45) is 0.574. The highest BCUT2D eigenvalue weighted by Crippen LogP contribution is 2.22. The van der Waals surface area contributed by atoms with Crippen LogP contribution in [-0.4, -0.2) is 38.6 Å². The molecule has 0 saturated heterocycles. The third-order valence-electron chi connectivity index (χ3n) is 4.31. The second-order valence-corrected chi connectivity index (χ2v) is 7.11. The maximum Gasteiger partial charge on any atom is 0.270 e. The number of hydrogen-bond acceptors (Lipinski definition) is 5. The first-order chi connectivity index (χ1) is 12.3. The zero-order valence-corrected chi connectivity index (χ0v) is 15.9. The van der Waals surface area contributed by atoms with Crippen LogP contribution in [0.3, 0.4) is 0 Å². The number of ketones is 1. The fourth-order valence-corrected chi connectivity index (χ4v) is 3.90. The van der Waals surface area contributed by atoms with Gasteiger partial charge in [-0.05, 0) is 37.3 Å². The van der Waals surface area contributed by atoms with Gasteiger partial charge in [-0.1, -0.05) is 6.92 Å². The number of hydrogen-bond donors (Lipinski definition) is 2. The molecule has 0 saturated carbocycles. The quantitative estimate of drug-likeness (QED) is 0.673. The second-order valence-electron chi connectivity index (χ2n) is 6.20. The standard InChI is InChI=1S/C18H20N4O3S/c1-5-11-14(10(3)23)9(2)19-15(11)18(25)22(4)8-13-20-12-6-7-26-16(12)17(24)21-13/h6-7,19H,5,8H2,1-4H3,(H,20,21,24). The number of aryl methyl sites for hydroxylation is 1. The Bertz CT molecular complexity index is 1060. The summed E-state index contributed by atoms with van der Waals surface area (Å²) in [6.45, 7) is 5.36. The summed E-state index contributed by atoms with van der Waals surface area (Å²) < 4.78 is 0.571. The molecular formula is C18H20N4O3S. The van der Waals surface area contributed by atoms with E-state index in [-0.39, 0.29) is 23.8 Å². The van der Waals surface area contributed by atoms with Crippen LogP contribution in [0.15, 0.2) is 16.2 Å². The van der Waals surface area contributed by atoms with E-state index in [1.165, 1.54) is 23.2 Å². The number of Topliss-reactive ketones (excluding diaryl/α,β-unsaturated/α-hetero) is 1. The van der Waals surface area contributed by atoms with Crippen molar-refractivity contribution in [1.29, 1.82) is 0 Å². The van der Waals surface area contributed by atoms with E-state index in [2.05, 4.69) is 15.0 Å². The molecule has 136 valence electrons. The summed E-state index contributed by atoms with van der Waals surface area (Å²) in [5, 5.41) is 1.81. The van der Waals surface area contributed by atoms with Crippen molar-refractivity contribution >= 4 is 33.2 Å². The van der Waals surface area contributed by atoms with Crippen LogP contribution in [0, 0.1) is 6.92 Å². The van der Waals surface area contributed by atoms with Crippen molar-refractivity contribution in [3.8, 4) is 0 Å². The Morgan fingerprint density at radius 2 is 2.04 bits per heavy atom. The van der Waals surface area contributed by atoms with E-state index < -0.39 is 0 Å². The number of fused-ring (bicyclic) bond motifs is 1. The molecule has 0 aliphatic heterocycles. The van der Waals surface area contributed by atoms with E-state index in [0.717, 1.165) is 5.56 Å². The van der Waals surface area contributed by atoms with Crippen molar-refractivity contribution in [2.45, 2.75) is 33.7 Å². The molecule has 3 aromatic rings. The average Bonchev–Trinajstić information content (AvgIpc) is 3.17. The first-order valence-electron chi connectivity index (χ1n) is 8.27. The van der Waals surface area contributed by atoms with Gasteiger partial charge in [0.2, 0.25) is 0 Å². The number of rotatable bonds is 5. The second kappa shape index (κ2) is 6.87. The van der Waals surface area contributed by atoms with Crippen LogP contribution >= 0.6 is 11.3 Å². The van der Waals surface area contributed by atoms with Gasteiger partial charge in [0.05, 0.1) is 12.1 Å². The van der Waals surface area contributed by atoms with Crippen LogP contribution in [0.2, 0.25) is 0 Å². The first kappa shape index (κ1) is 18.1. The number of amides is 1. The summed E-state index contributed by atoms with van der Waals surface area (Å²) in [5.41, 5.74) is 2.83. The van der Waals surface area contributed by atoms with Crippen molar-refractivity contribution in [3.63, 3.8) is 0 Å². The van der Waals surface area contributed by atoms with Gasteiger partial charge in [-0.15, -0.1) is 11.3 Å². The van der Waals surface area contributed by atoms with E-state index in [9.17, 15) is 14.4 Å². The Balaban J connectivity index is 1.91. The van der Waals surface area contributed by atoms with Crippen molar-refractivity contribution in [1.82, 2.24) is 19.9 Å². The molecule has 0 bridgehead atoms. The molecule has 0 aliphatic carbocycles. The third-order valence-corrected chi connectivity index (χ3v) is 5.21. The van der Waals surface area contributed by atoms with Crippen molar-refractivity contribution < 1.29 is 9.59 Å². The molecule has 26 heavy (non-hydrogen) atoms. The molecule has 3 rings (SSSR count). The minimum absolute atomic E-state index is 0.0637. The molecule has 0 atom stereocenters. The summed E-state index contributed by atoms with van der Waals surface area (Å²) in [5.74, 6) is 0.113. The predicted octanol–water partition coefficient (Wildman–Crippen LogP) is 2.66. The molecule has 8 heteroatoms. The van der Waals surface area contributed by atoms with Crippen LogP contribution in [0.1, 0.15) is 51.8 Å². The van der Waals surface area contributed by atoms with Gasteiger partial charge in [-0.3, -0.25) is 14.4 Å². The number of nitrogens with one attached hydrogen (secondary N) is 2. The molecule has 3 aromatic heterocycles. The van der Waals surface area contributed by atoms with Gasteiger partial charge >= 0.3 is 0 Å². The number of aromatic amines is 2. The minimum Gasteiger partial charge on any atom is -0.354 e. The van der Waals surface area contributed by atoms with Gasteiger partial charge in [0.15, 0.2) is 5.78 Å². The molecule has 0 fully saturated rings. The van der Waals surface area contributed by atoms with Crippen molar-refractivity contribution in [2.75, 3.05) is 7.05 Å². The van der Waals surface area contributed by atoms with Gasteiger partial charge in [0.25, 0.3) is 11.5 Å². The zero-order valence-electron chi connectivity index (χ0n) is 15.1.